The number of esters is 1. The highest BCUT2D eigenvalue weighted by Crippen LogP contribution is 2.20. The minimum Gasteiger partial charge on any atom is -0.479 e. The molecule has 128 valence electrons. The number of nitrogens with zero attached hydrogens (tertiary/aromatic N) is 1. The van der Waals surface area contributed by atoms with Gasteiger partial charge >= 0.3 is 5.97 Å². The van der Waals surface area contributed by atoms with Crippen LogP contribution in [0, 0.1) is 0 Å². The fraction of sp³-hybridized carbons (Fsp3) is 0.158. The van der Waals surface area contributed by atoms with Crippen LogP contribution in [0.3, 0.4) is 0 Å². The van der Waals surface area contributed by atoms with Crippen molar-refractivity contribution in [2.45, 2.75) is 19.6 Å². The van der Waals surface area contributed by atoms with Crippen LogP contribution in [-0.2, 0) is 16.1 Å². The number of oxazole rings is 1. The maximum atomic E-state index is 12.0. The molecule has 0 aliphatic rings. The molecule has 25 heavy (non-hydrogen) atoms. The lowest BCUT2D eigenvalue weighted by Gasteiger charge is -2.13. The van der Waals surface area contributed by atoms with Gasteiger partial charge in [-0.2, -0.15) is 0 Å². The lowest BCUT2D eigenvalue weighted by molar-refractivity contribution is -0.153. The van der Waals surface area contributed by atoms with Gasteiger partial charge in [0.1, 0.15) is 5.75 Å². The third-order valence-electron chi connectivity index (χ3n) is 3.41. The highest BCUT2D eigenvalue weighted by atomic mass is 79.9. The van der Waals surface area contributed by atoms with Gasteiger partial charge in [-0.05, 0) is 31.2 Å². The van der Waals surface area contributed by atoms with Gasteiger partial charge in [0.05, 0.1) is 6.20 Å². The van der Waals surface area contributed by atoms with E-state index in [1.54, 1.807) is 25.3 Å². The smallest absolute Gasteiger partial charge is 0.347 e. The molecule has 3 rings (SSSR count). The first kappa shape index (κ1) is 17.2. The summed E-state index contributed by atoms with van der Waals surface area (Å²) in [5, 5.41) is 0. The van der Waals surface area contributed by atoms with E-state index in [4.69, 9.17) is 13.9 Å². The van der Waals surface area contributed by atoms with Crippen molar-refractivity contribution in [1.82, 2.24) is 4.98 Å². The van der Waals surface area contributed by atoms with Crippen molar-refractivity contribution in [2.75, 3.05) is 0 Å². The van der Waals surface area contributed by atoms with Crippen molar-refractivity contribution >= 4 is 21.9 Å². The van der Waals surface area contributed by atoms with Gasteiger partial charge in [0.2, 0.25) is 5.89 Å². The summed E-state index contributed by atoms with van der Waals surface area (Å²) in [5.41, 5.74) is 0.916. The lowest BCUT2D eigenvalue weighted by atomic mass is 10.2. The van der Waals surface area contributed by atoms with Crippen LogP contribution in [0.1, 0.15) is 12.8 Å². The normalized spacial score (nSPS) is 11.8. The molecule has 0 saturated heterocycles. The minimum absolute atomic E-state index is 0.0420. The molecule has 2 aromatic carbocycles. The lowest BCUT2D eigenvalue weighted by Crippen LogP contribution is -2.26. The van der Waals surface area contributed by atoms with E-state index in [1.807, 2.05) is 42.5 Å². The molecule has 5 nitrogen and oxygen atoms in total. The molecule has 1 heterocycles. The highest BCUT2D eigenvalue weighted by Gasteiger charge is 2.18. The van der Waals surface area contributed by atoms with E-state index >= 15 is 0 Å². The van der Waals surface area contributed by atoms with Crippen LogP contribution in [0.4, 0.5) is 0 Å². The second kappa shape index (κ2) is 7.98. The number of aromatic nitrogens is 1. The molecule has 1 aromatic heterocycles. The third kappa shape index (κ3) is 4.70. The Hall–Kier alpha value is -2.60. The van der Waals surface area contributed by atoms with Crippen molar-refractivity contribution in [1.29, 1.82) is 0 Å². The number of benzene rings is 2. The van der Waals surface area contributed by atoms with Crippen molar-refractivity contribution in [3.8, 4) is 17.1 Å². The van der Waals surface area contributed by atoms with E-state index in [0.717, 1.165) is 10.0 Å². The van der Waals surface area contributed by atoms with Gasteiger partial charge in [0, 0.05) is 10.0 Å². The van der Waals surface area contributed by atoms with Crippen molar-refractivity contribution in [2.24, 2.45) is 0 Å². The Morgan fingerprint density at radius 1 is 1.16 bits per heavy atom. The minimum atomic E-state index is -0.732. The van der Waals surface area contributed by atoms with Crippen LogP contribution in [-0.4, -0.2) is 17.1 Å². The molecule has 0 bridgehead atoms. The molecule has 3 aromatic rings. The summed E-state index contributed by atoms with van der Waals surface area (Å²) >= 11 is 3.35. The predicted molar refractivity (Wildman–Crippen MR) is 96.0 cm³/mol. The first-order valence-electron chi connectivity index (χ1n) is 7.71. The first-order valence-corrected chi connectivity index (χ1v) is 8.50. The van der Waals surface area contributed by atoms with Gasteiger partial charge in [-0.25, -0.2) is 9.78 Å². The average Bonchev–Trinajstić information content (AvgIpc) is 3.11. The Bertz CT molecular complexity index is 830. The fourth-order valence-corrected chi connectivity index (χ4v) is 2.39. The zero-order valence-electron chi connectivity index (χ0n) is 13.5. The molecule has 0 unspecified atom stereocenters. The molecular formula is C19H16BrNO4. The number of carbonyl (C=O) groups is 1. The number of carbonyl (C=O) groups excluding carboxylic acids is 1. The van der Waals surface area contributed by atoms with Crippen LogP contribution in [0.25, 0.3) is 11.3 Å². The van der Waals surface area contributed by atoms with Crippen molar-refractivity contribution in [3.63, 3.8) is 0 Å². The van der Waals surface area contributed by atoms with E-state index in [0.29, 0.717) is 17.4 Å². The first-order chi connectivity index (χ1) is 12.1. The monoisotopic (exact) mass is 401 g/mol. The molecule has 0 aliphatic carbocycles. The van der Waals surface area contributed by atoms with Gasteiger partial charge in [-0.3, -0.25) is 0 Å². The summed E-state index contributed by atoms with van der Waals surface area (Å²) in [4.78, 5) is 16.2. The Morgan fingerprint density at radius 2 is 1.88 bits per heavy atom. The van der Waals surface area contributed by atoms with E-state index in [1.165, 1.54) is 0 Å². The van der Waals surface area contributed by atoms with Crippen LogP contribution in [0.5, 0.6) is 5.75 Å². The molecule has 0 amide bonds. The summed E-state index contributed by atoms with van der Waals surface area (Å²) in [5.74, 6) is 1.08. The maximum absolute atomic E-state index is 12.0. The van der Waals surface area contributed by atoms with E-state index in [2.05, 4.69) is 20.9 Å². The second-order valence-electron chi connectivity index (χ2n) is 5.31. The summed E-state index contributed by atoms with van der Waals surface area (Å²) in [6, 6.07) is 16.8. The molecule has 0 N–H and O–H groups in total. The van der Waals surface area contributed by atoms with Crippen molar-refractivity contribution in [3.05, 3.63) is 71.2 Å². The molecule has 0 radical (unpaired) electrons. The highest BCUT2D eigenvalue weighted by molar-refractivity contribution is 9.10. The Balaban J connectivity index is 1.53. The van der Waals surface area contributed by atoms with E-state index in [-0.39, 0.29) is 6.61 Å². The number of hydrogen-bond donors (Lipinski definition) is 0. The standard InChI is InChI=1S/C19H16BrNO4/c1-13(24-16-9-7-15(20)8-10-16)19(22)23-12-18-21-11-17(25-18)14-5-3-2-4-6-14/h2-11,13H,12H2,1H3/t13-/m1/s1. The van der Waals surface area contributed by atoms with Crippen LogP contribution >= 0.6 is 15.9 Å². The zero-order chi connectivity index (χ0) is 17.6. The number of halogens is 1. The van der Waals surface area contributed by atoms with Gasteiger partial charge in [0.25, 0.3) is 0 Å². The third-order valence-corrected chi connectivity index (χ3v) is 3.94. The fourth-order valence-electron chi connectivity index (χ4n) is 2.13. The molecule has 6 heteroatoms. The number of rotatable bonds is 6. The zero-order valence-corrected chi connectivity index (χ0v) is 15.1. The SMILES string of the molecule is C[C@@H](Oc1ccc(Br)cc1)C(=O)OCc1ncc(-c2ccccc2)o1. The summed E-state index contributed by atoms with van der Waals surface area (Å²) in [7, 11) is 0. The van der Waals surface area contributed by atoms with Gasteiger partial charge in [-0.15, -0.1) is 0 Å². The second-order valence-corrected chi connectivity index (χ2v) is 6.22. The quantitative estimate of drug-likeness (QED) is 0.564. The summed E-state index contributed by atoms with van der Waals surface area (Å²) < 4.78 is 17.3. The van der Waals surface area contributed by atoms with Gasteiger partial charge in [0.15, 0.2) is 18.5 Å². The van der Waals surface area contributed by atoms with Crippen LogP contribution in [0.15, 0.2) is 69.7 Å². The topological polar surface area (TPSA) is 61.6 Å². The van der Waals surface area contributed by atoms with Gasteiger partial charge in [-0.1, -0.05) is 46.3 Å². The molecule has 0 spiro atoms. The van der Waals surface area contributed by atoms with E-state index < -0.39 is 12.1 Å². The largest absolute Gasteiger partial charge is 0.479 e. The van der Waals surface area contributed by atoms with Crippen LogP contribution < -0.4 is 4.74 Å². The Kier molecular flexibility index (Phi) is 5.50. The molecule has 0 fully saturated rings. The maximum Gasteiger partial charge on any atom is 0.347 e. The molecule has 0 saturated carbocycles. The Morgan fingerprint density at radius 3 is 2.60 bits per heavy atom. The van der Waals surface area contributed by atoms with Gasteiger partial charge < -0.3 is 13.9 Å². The molecule has 0 aliphatic heterocycles. The van der Waals surface area contributed by atoms with E-state index in [9.17, 15) is 4.79 Å². The summed E-state index contributed by atoms with van der Waals surface area (Å²) in [6.07, 6.45) is 0.880. The van der Waals surface area contributed by atoms with Crippen molar-refractivity contribution < 1.29 is 18.7 Å². The predicted octanol–water partition coefficient (Wildman–Crippen LogP) is 4.61. The summed E-state index contributed by atoms with van der Waals surface area (Å²) in [6.45, 7) is 1.59. The molecular weight excluding hydrogens is 386 g/mol. The molecule has 1 atom stereocenters. The Labute approximate surface area is 153 Å². The number of hydrogen-bond acceptors (Lipinski definition) is 5. The van der Waals surface area contributed by atoms with Crippen LogP contribution in [0.2, 0.25) is 0 Å². The number of ether oxygens (including phenoxy) is 2. The average molecular weight is 402 g/mol.